The van der Waals surface area contributed by atoms with Crippen LogP contribution in [0.25, 0.3) is 0 Å². The number of hydrogen-bond acceptors (Lipinski definition) is 3. The Bertz CT molecular complexity index is 557. The van der Waals surface area contributed by atoms with Crippen LogP contribution in [-0.4, -0.2) is 4.92 Å². The fourth-order valence-electron chi connectivity index (χ4n) is 1.45. The zero-order chi connectivity index (χ0) is 13.0. The maximum absolute atomic E-state index is 10.6. The van der Waals surface area contributed by atoms with E-state index >= 15 is 0 Å². The summed E-state index contributed by atoms with van der Waals surface area (Å²) in [5.41, 5.74) is 0.933. The van der Waals surface area contributed by atoms with E-state index in [2.05, 4.69) is 0 Å². The first kappa shape index (κ1) is 12.4. The van der Waals surface area contributed by atoms with Crippen molar-refractivity contribution in [1.29, 1.82) is 0 Å². The highest BCUT2D eigenvalue weighted by atomic mass is 35.5. The molecule has 0 aromatic heterocycles. The molecule has 0 spiro atoms. The van der Waals surface area contributed by atoms with Gasteiger partial charge in [-0.1, -0.05) is 41.9 Å². The maximum Gasteiger partial charge on any atom is 0.273 e. The molecular weight excluding hydrogens is 254 g/mol. The largest absolute Gasteiger partial charge is 0.487 e. The van der Waals surface area contributed by atoms with Gasteiger partial charge in [0.2, 0.25) is 0 Å². The van der Waals surface area contributed by atoms with Gasteiger partial charge in [0, 0.05) is 6.07 Å². The summed E-state index contributed by atoms with van der Waals surface area (Å²) in [6, 6.07) is 13.6. The molecule has 0 bridgehead atoms. The van der Waals surface area contributed by atoms with Gasteiger partial charge < -0.3 is 4.74 Å². The molecule has 0 N–H and O–H groups in total. The van der Waals surface area contributed by atoms with E-state index in [1.807, 2.05) is 30.3 Å². The van der Waals surface area contributed by atoms with Crippen LogP contribution in [0.15, 0.2) is 48.5 Å². The second-order valence-electron chi connectivity index (χ2n) is 3.65. The van der Waals surface area contributed by atoms with E-state index in [0.717, 1.165) is 5.56 Å². The average molecular weight is 264 g/mol. The van der Waals surface area contributed by atoms with Crippen molar-refractivity contribution in [2.24, 2.45) is 0 Å². The van der Waals surface area contributed by atoms with Crippen LogP contribution in [0.1, 0.15) is 5.56 Å². The molecule has 2 aromatic carbocycles. The van der Waals surface area contributed by atoms with Gasteiger partial charge in [-0.15, -0.1) is 0 Å². The molecule has 0 fully saturated rings. The van der Waals surface area contributed by atoms with Crippen LogP contribution in [0, 0.1) is 10.1 Å². The van der Waals surface area contributed by atoms with Crippen molar-refractivity contribution in [2.75, 3.05) is 0 Å². The third-order valence-electron chi connectivity index (χ3n) is 2.36. The standard InChI is InChI=1S/C13H10ClNO3/c14-12-7-6-11(15(16)17)8-13(12)18-9-10-4-2-1-3-5-10/h1-8H,9H2. The first-order chi connectivity index (χ1) is 8.66. The monoisotopic (exact) mass is 263 g/mol. The molecular formula is C13H10ClNO3. The van der Waals surface area contributed by atoms with Gasteiger partial charge in [-0.2, -0.15) is 0 Å². The van der Waals surface area contributed by atoms with Gasteiger partial charge in [0.25, 0.3) is 5.69 Å². The normalized spacial score (nSPS) is 10.1. The minimum atomic E-state index is -0.480. The highest BCUT2D eigenvalue weighted by molar-refractivity contribution is 6.32. The van der Waals surface area contributed by atoms with E-state index in [1.54, 1.807) is 0 Å². The van der Waals surface area contributed by atoms with Crippen LogP contribution in [0.5, 0.6) is 5.75 Å². The van der Waals surface area contributed by atoms with Crippen molar-refractivity contribution >= 4 is 17.3 Å². The van der Waals surface area contributed by atoms with Gasteiger partial charge in [-0.25, -0.2) is 0 Å². The number of non-ortho nitro benzene ring substituents is 1. The van der Waals surface area contributed by atoms with Crippen LogP contribution in [0.3, 0.4) is 0 Å². The minimum absolute atomic E-state index is 0.0394. The summed E-state index contributed by atoms with van der Waals surface area (Å²) in [4.78, 5) is 10.2. The molecule has 0 saturated carbocycles. The number of halogens is 1. The minimum Gasteiger partial charge on any atom is -0.487 e. The Kier molecular flexibility index (Phi) is 3.79. The van der Waals surface area contributed by atoms with Crippen LogP contribution < -0.4 is 4.74 Å². The summed E-state index contributed by atoms with van der Waals surface area (Å²) in [6.45, 7) is 0.321. The molecule has 0 amide bonds. The highest BCUT2D eigenvalue weighted by Gasteiger charge is 2.10. The van der Waals surface area contributed by atoms with Gasteiger partial charge in [-0.3, -0.25) is 10.1 Å². The lowest BCUT2D eigenvalue weighted by Gasteiger charge is -2.07. The molecule has 92 valence electrons. The quantitative estimate of drug-likeness (QED) is 0.622. The predicted molar refractivity (Wildman–Crippen MR) is 68.9 cm³/mol. The lowest BCUT2D eigenvalue weighted by atomic mass is 10.2. The van der Waals surface area contributed by atoms with Gasteiger partial charge >= 0.3 is 0 Å². The van der Waals surface area contributed by atoms with E-state index in [1.165, 1.54) is 18.2 Å². The third kappa shape index (κ3) is 2.99. The van der Waals surface area contributed by atoms with Gasteiger partial charge in [-0.05, 0) is 11.6 Å². The molecule has 2 rings (SSSR count). The van der Waals surface area contributed by atoms with Crippen molar-refractivity contribution in [3.8, 4) is 5.75 Å². The van der Waals surface area contributed by atoms with Gasteiger partial charge in [0.15, 0.2) is 0 Å². The molecule has 18 heavy (non-hydrogen) atoms. The van der Waals surface area contributed by atoms with Crippen molar-refractivity contribution < 1.29 is 9.66 Å². The molecule has 5 heteroatoms. The summed E-state index contributed by atoms with van der Waals surface area (Å²) >= 11 is 5.92. The zero-order valence-electron chi connectivity index (χ0n) is 9.38. The predicted octanol–water partition coefficient (Wildman–Crippen LogP) is 3.83. The molecule has 0 aliphatic rings. The van der Waals surface area contributed by atoms with Crippen LogP contribution in [0.2, 0.25) is 5.02 Å². The van der Waals surface area contributed by atoms with Crippen molar-refractivity contribution in [3.05, 3.63) is 69.2 Å². The van der Waals surface area contributed by atoms with Crippen molar-refractivity contribution in [3.63, 3.8) is 0 Å². The maximum atomic E-state index is 10.6. The number of ether oxygens (including phenoxy) is 1. The Morgan fingerprint density at radius 3 is 2.56 bits per heavy atom. The first-order valence-corrected chi connectivity index (χ1v) is 5.65. The summed E-state index contributed by atoms with van der Waals surface area (Å²) in [7, 11) is 0. The summed E-state index contributed by atoms with van der Waals surface area (Å²) in [6.07, 6.45) is 0. The molecule has 0 radical (unpaired) electrons. The second kappa shape index (κ2) is 5.51. The molecule has 0 saturated heterocycles. The van der Waals surface area contributed by atoms with Gasteiger partial charge in [0.1, 0.15) is 12.4 Å². The van der Waals surface area contributed by atoms with E-state index < -0.39 is 4.92 Å². The van der Waals surface area contributed by atoms with Crippen LogP contribution in [-0.2, 0) is 6.61 Å². The number of nitro groups is 1. The van der Waals surface area contributed by atoms with E-state index in [4.69, 9.17) is 16.3 Å². The summed E-state index contributed by atoms with van der Waals surface area (Å²) in [5, 5.41) is 11.0. The average Bonchev–Trinajstić information content (AvgIpc) is 2.38. The topological polar surface area (TPSA) is 52.4 Å². The van der Waals surface area contributed by atoms with Crippen LogP contribution >= 0.6 is 11.6 Å². The number of rotatable bonds is 4. The van der Waals surface area contributed by atoms with Gasteiger partial charge in [0.05, 0.1) is 16.0 Å². The Hall–Kier alpha value is -2.07. The molecule has 4 nitrogen and oxygen atoms in total. The van der Waals surface area contributed by atoms with E-state index in [0.29, 0.717) is 17.4 Å². The molecule has 0 aliphatic carbocycles. The lowest BCUT2D eigenvalue weighted by molar-refractivity contribution is -0.384. The molecule has 0 heterocycles. The summed E-state index contributed by atoms with van der Waals surface area (Å²) < 4.78 is 5.48. The second-order valence-corrected chi connectivity index (χ2v) is 4.05. The fourth-order valence-corrected chi connectivity index (χ4v) is 1.62. The smallest absolute Gasteiger partial charge is 0.273 e. The Balaban J connectivity index is 2.14. The SMILES string of the molecule is O=[N+]([O-])c1ccc(Cl)c(OCc2ccccc2)c1. The third-order valence-corrected chi connectivity index (χ3v) is 2.68. The Labute approximate surface area is 109 Å². The number of benzene rings is 2. The number of hydrogen-bond donors (Lipinski definition) is 0. The van der Waals surface area contributed by atoms with E-state index in [9.17, 15) is 10.1 Å². The van der Waals surface area contributed by atoms with Crippen molar-refractivity contribution in [2.45, 2.75) is 6.61 Å². The highest BCUT2D eigenvalue weighted by Crippen LogP contribution is 2.29. The zero-order valence-corrected chi connectivity index (χ0v) is 10.1. The van der Waals surface area contributed by atoms with E-state index in [-0.39, 0.29) is 5.69 Å². The Morgan fingerprint density at radius 2 is 1.89 bits per heavy atom. The first-order valence-electron chi connectivity index (χ1n) is 5.27. The number of nitro benzene ring substituents is 1. The number of nitrogens with zero attached hydrogens (tertiary/aromatic N) is 1. The molecule has 0 unspecified atom stereocenters. The molecule has 2 aromatic rings. The van der Waals surface area contributed by atoms with Crippen molar-refractivity contribution in [1.82, 2.24) is 0 Å². The lowest BCUT2D eigenvalue weighted by Crippen LogP contribution is -1.96. The fraction of sp³-hybridized carbons (Fsp3) is 0.0769. The molecule has 0 aliphatic heterocycles. The Morgan fingerprint density at radius 1 is 1.17 bits per heavy atom. The summed E-state index contributed by atoms with van der Waals surface area (Å²) in [5.74, 6) is 0.315. The van der Waals surface area contributed by atoms with Crippen LogP contribution in [0.4, 0.5) is 5.69 Å². The molecule has 0 atom stereocenters.